The van der Waals surface area contributed by atoms with E-state index in [4.69, 9.17) is 28.4 Å². The van der Waals surface area contributed by atoms with E-state index in [1.54, 1.807) is 18.2 Å². The van der Waals surface area contributed by atoms with Crippen molar-refractivity contribution in [3.05, 3.63) is 69.7 Å². The lowest BCUT2D eigenvalue weighted by atomic mass is 10.0. The van der Waals surface area contributed by atoms with Gasteiger partial charge in [-0.25, -0.2) is 0 Å². The van der Waals surface area contributed by atoms with Crippen molar-refractivity contribution in [1.82, 2.24) is 0 Å². The first-order valence-electron chi connectivity index (χ1n) is 4.95. The zero-order chi connectivity index (χ0) is 12.3. The maximum absolute atomic E-state index is 9.10. The van der Waals surface area contributed by atoms with Crippen molar-refractivity contribution in [3.8, 4) is 0 Å². The van der Waals surface area contributed by atoms with Crippen LogP contribution >= 0.6 is 23.2 Å². The summed E-state index contributed by atoms with van der Waals surface area (Å²) in [5, 5.41) is 13.3. The molecule has 0 amide bonds. The third-order valence-corrected chi connectivity index (χ3v) is 3.08. The molecular formula is C13H9Cl2NO. The van der Waals surface area contributed by atoms with Gasteiger partial charge in [0.25, 0.3) is 0 Å². The van der Waals surface area contributed by atoms with Crippen LogP contribution in [0.3, 0.4) is 0 Å². The van der Waals surface area contributed by atoms with Crippen LogP contribution in [0, 0.1) is 0 Å². The summed E-state index contributed by atoms with van der Waals surface area (Å²) >= 11 is 11.8. The van der Waals surface area contributed by atoms with E-state index >= 15 is 0 Å². The van der Waals surface area contributed by atoms with Gasteiger partial charge in [0.2, 0.25) is 0 Å². The average Bonchev–Trinajstić information content (AvgIpc) is 2.36. The van der Waals surface area contributed by atoms with Crippen LogP contribution in [0.4, 0.5) is 0 Å². The molecule has 0 aromatic heterocycles. The van der Waals surface area contributed by atoms with E-state index in [-0.39, 0.29) is 0 Å². The standard InChI is InChI=1S/C13H9Cl2NO/c14-11-7-6-10(8-12(11)15)13(16-17)9-4-2-1-3-5-9/h1-8,17H. The van der Waals surface area contributed by atoms with Gasteiger partial charge in [0.15, 0.2) is 0 Å². The Bertz CT molecular complexity index is 553. The second-order valence-corrected chi connectivity index (χ2v) is 4.26. The second-order valence-electron chi connectivity index (χ2n) is 3.44. The molecule has 0 aliphatic heterocycles. The molecule has 0 saturated heterocycles. The summed E-state index contributed by atoms with van der Waals surface area (Å²) in [6.07, 6.45) is 0. The summed E-state index contributed by atoms with van der Waals surface area (Å²) < 4.78 is 0. The van der Waals surface area contributed by atoms with Crippen LogP contribution in [0.25, 0.3) is 0 Å². The monoisotopic (exact) mass is 265 g/mol. The van der Waals surface area contributed by atoms with Crippen molar-refractivity contribution in [1.29, 1.82) is 0 Å². The normalized spacial score (nSPS) is 11.5. The zero-order valence-electron chi connectivity index (χ0n) is 8.77. The smallest absolute Gasteiger partial charge is 0.117 e. The summed E-state index contributed by atoms with van der Waals surface area (Å²) in [7, 11) is 0. The highest BCUT2D eigenvalue weighted by Crippen LogP contribution is 2.24. The maximum Gasteiger partial charge on any atom is 0.117 e. The predicted octanol–water partition coefficient (Wildman–Crippen LogP) is 4.22. The van der Waals surface area contributed by atoms with Crippen LogP contribution in [-0.2, 0) is 0 Å². The highest BCUT2D eigenvalue weighted by Gasteiger charge is 2.09. The van der Waals surface area contributed by atoms with E-state index in [0.29, 0.717) is 21.3 Å². The van der Waals surface area contributed by atoms with Crippen molar-refractivity contribution < 1.29 is 5.21 Å². The van der Waals surface area contributed by atoms with E-state index in [0.717, 1.165) is 5.56 Å². The Morgan fingerprint density at radius 2 is 1.59 bits per heavy atom. The van der Waals surface area contributed by atoms with Crippen LogP contribution in [0.15, 0.2) is 53.7 Å². The molecule has 0 aliphatic carbocycles. The van der Waals surface area contributed by atoms with E-state index in [1.165, 1.54) is 0 Å². The molecule has 1 N–H and O–H groups in total. The summed E-state index contributed by atoms with van der Waals surface area (Å²) in [5.74, 6) is 0. The van der Waals surface area contributed by atoms with Crippen molar-refractivity contribution in [2.45, 2.75) is 0 Å². The second kappa shape index (κ2) is 5.21. The molecule has 2 aromatic rings. The Labute approximate surface area is 109 Å². The van der Waals surface area contributed by atoms with Gasteiger partial charge >= 0.3 is 0 Å². The molecule has 17 heavy (non-hydrogen) atoms. The SMILES string of the molecule is ON=C(c1ccccc1)c1ccc(Cl)c(Cl)c1. The molecule has 0 bridgehead atoms. The van der Waals surface area contributed by atoms with Gasteiger partial charge in [-0.15, -0.1) is 0 Å². The van der Waals surface area contributed by atoms with Crippen molar-refractivity contribution in [2.75, 3.05) is 0 Å². The lowest BCUT2D eigenvalue weighted by molar-refractivity contribution is 0.319. The Balaban J connectivity index is 2.47. The summed E-state index contributed by atoms with van der Waals surface area (Å²) in [5.41, 5.74) is 1.99. The number of benzene rings is 2. The average molecular weight is 266 g/mol. The molecule has 0 heterocycles. The number of hydrogen-bond acceptors (Lipinski definition) is 2. The van der Waals surface area contributed by atoms with Gasteiger partial charge in [-0.1, -0.05) is 64.8 Å². The minimum atomic E-state index is 0.432. The summed E-state index contributed by atoms with van der Waals surface area (Å²) in [6, 6.07) is 14.5. The highest BCUT2D eigenvalue weighted by atomic mass is 35.5. The first kappa shape index (κ1) is 12.0. The fourth-order valence-electron chi connectivity index (χ4n) is 1.52. The molecule has 0 saturated carbocycles. The molecule has 2 aromatic carbocycles. The van der Waals surface area contributed by atoms with Crippen molar-refractivity contribution in [2.24, 2.45) is 5.16 Å². The Kier molecular flexibility index (Phi) is 3.67. The Morgan fingerprint density at radius 3 is 2.18 bits per heavy atom. The number of oxime groups is 1. The molecule has 0 radical (unpaired) electrons. The third kappa shape index (κ3) is 2.60. The Hall–Kier alpha value is -1.51. The Morgan fingerprint density at radius 1 is 0.882 bits per heavy atom. The molecule has 0 fully saturated rings. The van der Waals surface area contributed by atoms with Gasteiger partial charge in [-0.2, -0.15) is 0 Å². The molecule has 2 nitrogen and oxygen atoms in total. The largest absolute Gasteiger partial charge is 0.410 e. The van der Waals surface area contributed by atoms with Gasteiger partial charge in [0.1, 0.15) is 5.71 Å². The van der Waals surface area contributed by atoms with Crippen molar-refractivity contribution in [3.63, 3.8) is 0 Å². The molecule has 2 rings (SSSR count). The minimum Gasteiger partial charge on any atom is -0.410 e. The van der Waals surface area contributed by atoms with E-state index in [9.17, 15) is 0 Å². The van der Waals surface area contributed by atoms with Crippen LogP contribution in [0.1, 0.15) is 11.1 Å². The number of rotatable bonds is 2. The van der Waals surface area contributed by atoms with Crippen LogP contribution in [0.2, 0.25) is 10.0 Å². The topological polar surface area (TPSA) is 32.6 Å². The fourth-order valence-corrected chi connectivity index (χ4v) is 1.82. The van der Waals surface area contributed by atoms with Gasteiger partial charge in [0.05, 0.1) is 10.0 Å². The van der Waals surface area contributed by atoms with Crippen LogP contribution in [-0.4, -0.2) is 10.9 Å². The number of hydrogen-bond donors (Lipinski definition) is 1. The summed E-state index contributed by atoms with van der Waals surface area (Å²) in [4.78, 5) is 0. The van der Waals surface area contributed by atoms with Crippen molar-refractivity contribution >= 4 is 28.9 Å². The predicted molar refractivity (Wildman–Crippen MR) is 70.3 cm³/mol. The molecule has 0 aliphatic rings. The number of halogens is 2. The van der Waals surface area contributed by atoms with E-state index in [1.807, 2.05) is 30.3 Å². The molecule has 0 spiro atoms. The van der Waals surface area contributed by atoms with Gasteiger partial charge in [0, 0.05) is 11.1 Å². The lowest BCUT2D eigenvalue weighted by Crippen LogP contribution is -2.02. The third-order valence-electron chi connectivity index (χ3n) is 2.34. The minimum absolute atomic E-state index is 0.432. The van der Waals surface area contributed by atoms with E-state index in [2.05, 4.69) is 5.16 Å². The van der Waals surface area contributed by atoms with Gasteiger partial charge in [-0.05, 0) is 12.1 Å². The zero-order valence-corrected chi connectivity index (χ0v) is 10.3. The summed E-state index contributed by atoms with van der Waals surface area (Å²) in [6.45, 7) is 0. The van der Waals surface area contributed by atoms with Gasteiger partial charge < -0.3 is 5.21 Å². The van der Waals surface area contributed by atoms with E-state index < -0.39 is 0 Å². The van der Waals surface area contributed by atoms with Crippen LogP contribution < -0.4 is 0 Å². The lowest BCUT2D eigenvalue weighted by Gasteiger charge is -2.05. The molecule has 0 atom stereocenters. The first-order chi connectivity index (χ1) is 8.22. The van der Waals surface area contributed by atoms with Gasteiger partial charge in [-0.3, -0.25) is 0 Å². The first-order valence-corrected chi connectivity index (χ1v) is 5.71. The van der Waals surface area contributed by atoms with Crippen LogP contribution in [0.5, 0.6) is 0 Å². The number of nitrogens with zero attached hydrogens (tertiary/aromatic N) is 1. The quantitative estimate of drug-likeness (QED) is 0.492. The maximum atomic E-state index is 9.10. The highest BCUT2D eigenvalue weighted by molar-refractivity contribution is 6.42. The molecule has 86 valence electrons. The molecular weight excluding hydrogens is 257 g/mol. The fraction of sp³-hybridized carbons (Fsp3) is 0. The molecule has 0 unspecified atom stereocenters. The molecule has 4 heteroatoms.